The predicted molar refractivity (Wildman–Crippen MR) is 50.7 cm³/mol. The number of rotatable bonds is 5. The first kappa shape index (κ1) is 10.9. The standard InChI is InChI=1S/C9H19FN2O/c1-13-9-8-12-6-4-11(3-2-10)5-7-12/h2-9H2,1H3. The Morgan fingerprint density at radius 3 is 2.08 bits per heavy atom. The fraction of sp³-hybridized carbons (Fsp3) is 1.00. The molecule has 1 rings (SSSR count). The van der Waals surface area contributed by atoms with Gasteiger partial charge in [-0.3, -0.25) is 9.80 Å². The van der Waals surface area contributed by atoms with Crippen LogP contribution in [0.3, 0.4) is 0 Å². The van der Waals surface area contributed by atoms with E-state index in [9.17, 15) is 4.39 Å². The highest BCUT2D eigenvalue weighted by atomic mass is 19.1. The van der Waals surface area contributed by atoms with E-state index < -0.39 is 0 Å². The minimum Gasteiger partial charge on any atom is -0.383 e. The molecule has 4 heteroatoms. The molecule has 0 aromatic rings. The van der Waals surface area contributed by atoms with Crippen LogP contribution in [0.4, 0.5) is 4.39 Å². The summed E-state index contributed by atoms with van der Waals surface area (Å²) in [6, 6.07) is 0. The van der Waals surface area contributed by atoms with E-state index in [-0.39, 0.29) is 6.67 Å². The zero-order valence-corrected chi connectivity index (χ0v) is 8.34. The van der Waals surface area contributed by atoms with Crippen molar-refractivity contribution in [3.8, 4) is 0 Å². The van der Waals surface area contributed by atoms with Gasteiger partial charge in [0.15, 0.2) is 0 Å². The van der Waals surface area contributed by atoms with Gasteiger partial charge in [-0.05, 0) is 0 Å². The third-order valence-electron chi connectivity index (χ3n) is 2.48. The van der Waals surface area contributed by atoms with Gasteiger partial charge in [0.25, 0.3) is 0 Å². The van der Waals surface area contributed by atoms with Crippen LogP contribution in [0, 0.1) is 0 Å². The van der Waals surface area contributed by atoms with Gasteiger partial charge in [-0.2, -0.15) is 0 Å². The molecule has 78 valence electrons. The first-order valence-corrected chi connectivity index (χ1v) is 4.86. The molecule has 1 heterocycles. The lowest BCUT2D eigenvalue weighted by Crippen LogP contribution is -2.47. The fourth-order valence-corrected chi connectivity index (χ4v) is 1.58. The second-order valence-electron chi connectivity index (χ2n) is 3.37. The van der Waals surface area contributed by atoms with Crippen LogP contribution in [-0.4, -0.2) is 69.5 Å². The van der Waals surface area contributed by atoms with Crippen LogP contribution in [0.15, 0.2) is 0 Å². The summed E-state index contributed by atoms with van der Waals surface area (Å²) in [5.41, 5.74) is 0. The van der Waals surface area contributed by atoms with E-state index in [0.717, 1.165) is 39.3 Å². The maximum atomic E-state index is 12.0. The Morgan fingerprint density at radius 2 is 1.62 bits per heavy atom. The van der Waals surface area contributed by atoms with Crippen LogP contribution in [0.5, 0.6) is 0 Å². The molecule has 13 heavy (non-hydrogen) atoms. The van der Waals surface area contributed by atoms with Gasteiger partial charge in [0.2, 0.25) is 0 Å². The molecular formula is C9H19FN2O. The summed E-state index contributed by atoms with van der Waals surface area (Å²) in [5, 5.41) is 0. The van der Waals surface area contributed by atoms with Crippen molar-refractivity contribution in [2.45, 2.75) is 0 Å². The summed E-state index contributed by atoms with van der Waals surface area (Å²) in [6.07, 6.45) is 0. The summed E-state index contributed by atoms with van der Waals surface area (Å²) in [7, 11) is 1.72. The van der Waals surface area contributed by atoms with Gasteiger partial charge in [-0.15, -0.1) is 0 Å². The minimum atomic E-state index is -0.224. The summed E-state index contributed by atoms with van der Waals surface area (Å²) < 4.78 is 17.0. The second-order valence-corrected chi connectivity index (χ2v) is 3.37. The highest BCUT2D eigenvalue weighted by Gasteiger charge is 2.15. The Bertz CT molecular complexity index is 127. The van der Waals surface area contributed by atoms with E-state index in [4.69, 9.17) is 4.74 Å². The third-order valence-corrected chi connectivity index (χ3v) is 2.48. The van der Waals surface area contributed by atoms with Crippen molar-refractivity contribution >= 4 is 0 Å². The van der Waals surface area contributed by atoms with E-state index in [1.807, 2.05) is 0 Å². The third kappa shape index (κ3) is 4.02. The molecule has 0 atom stereocenters. The van der Waals surface area contributed by atoms with Gasteiger partial charge in [0.1, 0.15) is 6.67 Å². The molecule has 0 unspecified atom stereocenters. The largest absolute Gasteiger partial charge is 0.383 e. The van der Waals surface area contributed by atoms with Crippen LogP contribution in [0.1, 0.15) is 0 Å². The zero-order valence-electron chi connectivity index (χ0n) is 8.34. The van der Waals surface area contributed by atoms with Crippen molar-refractivity contribution in [2.24, 2.45) is 0 Å². The summed E-state index contributed by atoms with van der Waals surface area (Å²) in [5.74, 6) is 0. The molecule has 0 N–H and O–H groups in total. The number of piperazine rings is 1. The molecule has 1 aliphatic heterocycles. The Labute approximate surface area is 79.5 Å². The number of alkyl halides is 1. The van der Waals surface area contributed by atoms with Gasteiger partial charge in [0.05, 0.1) is 6.61 Å². The molecule has 1 saturated heterocycles. The summed E-state index contributed by atoms with van der Waals surface area (Å²) in [6.45, 7) is 6.24. The Morgan fingerprint density at radius 1 is 1.08 bits per heavy atom. The van der Waals surface area contributed by atoms with Crippen LogP contribution in [0.2, 0.25) is 0 Å². The maximum absolute atomic E-state index is 12.0. The average molecular weight is 190 g/mol. The lowest BCUT2D eigenvalue weighted by Gasteiger charge is -2.33. The van der Waals surface area contributed by atoms with E-state index >= 15 is 0 Å². The number of halogens is 1. The quantitative estimate of drug-likeness (QED) is 0.617. The van der Waals surface area contributed by atoms with Crippen molar-refractivity contribution in [2.75, 3.05) is 59.7 Å². The van der Waals surface area contributed by atoms with Gasteiger partial charge in [0, 0.05) is 46.4 Å². The molecule has 0 aliphatic carbocycles. The lowest BCUT2D eigenvalue weighted by atomic mass is 10.3. The molecule has 0 bridgehead atoms. The Balaban J connectivity index is 2.08. The van der Waals surface area contributed by atoms with Crippen molar-refractivity contribution in [1.29, 1.82) is 0 Å². The Hall–Kier alpha value is -0.190. The second kappa shape index (κ2) is 6.29. The van der Waals surface area contributed by atoms with Gasteiger partial charge in [-0.1, -0.05) is 0 Å². The van der Waals surface area contributed by atoms with E-state index in [1.54, 1.807) is 7.11 Å². The number of ether oxygens (including phenoxy) is 1. The number of hydrogen-bond acceptors (Lipinski definition) is 3. The van der Waals surface area contributed by atoms with E-state index in [2.05, 4.69) is 9.80 Å². The Kier molecular flexibility index (Phi) is 5.27. The molecule has 0 aromatic carbocycles. The van der Waals surface area contributed by atoms with E-state index in [1.165, 1.54) is 0 Å². The first-order chi connectivity index (χ1) is 6.36. The highest BCUT2D eigenvalue weighted by Crippen LogP contribution is 2.00. The normalized spacial score (nSPS) is 20.8. The van der Waals surface area contributed by atoms with Gasteiger partial charge < -0.3 is 4.74 Å². The molecular weight excluding hydrogens is 171 g/mol. The summed E-state index contributed by atoms with van der Waals surface area (Å²) in [4.78, 5) is 4.53. The first-order valence-electron chi connectivity index (χ1n) is 4.86. The number of hydrogen-bond donors (Lipinski definition) is 0. The van der Waals surface area contributed by atoms with Crippen molar-refractivity contribution in [3.05, 3.63) is 0 Å². The topological polar surface area (TPSA) is 15.7 Å². The number of nitrogens with zero attached hydrogens (tertiary/aromatic N) is 2. The monoisotopic (exact) mass is 190 g/mol. The van der Waals surface area contributed by atoms with Gasteiger partial charge in [-0.25, -0.2) is 4.39 Å². The van der Waals surface area contributed by atoms with Crippen LogP contribution >= 0.6 is 0 Å². The molecule has 0 radical (unpaired) electrons. The van der Waals surface area contributed by atoms with Crippen LogP contribution in [0.25, 0.3) is 0 Å². The minimum absolute atomic E-state index is 0.224. The highest BCUT2D eigenvalue weighted by molar-refractivity contribution is 4.71. The molecule has 0 amide bonds. The lowest BCUT2D eigenvalue weighted by molar-refractivity contribution is 0.0939. The van der Waals surface area contributed by atoms with Crippen LogP contribution in [-0.2, 0) is 4.74 Å². The molecule has 0 aromatic heterocycles. The maximum Gasteiger partial charge on any atom is 0.102 e. The molecule has 3 nitrogen and oxygen atoms in total. The van der Waals surface area contributed by atoms with Gasteiger partial charge >= 0.3 is 0 Å². The number of methoxy groups -OCH3 is 1. The summed E-state index contributed by atoms with van der Waals surface area (Å²) >= 11 is 0. The predicted octanol–water partition coefficient (Wildman–Crippen LogP) is 0.220. The zero-order chi connectivity index (χ0) is 9.52. The SMILES string of the molecule is COCCN1CCN(CCF)CC1. The van der Waals surface area contributed by atoms with E-state index in [0.29, 0.717) is 6.54 Å². The van der Waals surface area contributed by atoms with Crippen LogP contribution < -0.4 is 0 Å². The van der Waals surface area contributed by atoms with Crippen molar-refractivity contribution < 1.29 is 9.13 Å². The molecule has 1 aliphatic rings. The fourth-order valence-electron chi connectivity index (χ4n) is 1.58. The van der Waals surface area contributed by atoms with Crippen molar-refractivity contribution in [1.82, 2.24) is 9.80 Å². The molecule has 0 spiro atoms. The smallest absolute Gasteiger partial charge is 0.102 e. The molecule has 1 fully saturated rings. The average Bonchev–Trinajstić information content (AvgIpc) is 2.17. The molecule has 0 saturated carbocycles. The van der Waals surface area contributed by atoms with Crippen molar-refractivity contribution in [3.63, 3.8) is 0 Å².